The Balaban J connectivity index is 2.09. The minimum Gasteiger partial charge on any atom is -0.396 e. The molecule has 0 saturated carbocycles. The van der Waals surface area contributed by atoms with Gasteiger partial charge in [-0.15, -0.1) is 0 Å². The number of hydrogen-bond donors (Lipinski definition) is 1. The molecule has 0 unspecified atom stereocenters. The maximum absolute atomic E-state index is 13.7. The highest BCUT2D eigenvalue weighted by atomic mass is 35.5. The van der Waals surface area contributed by atoms with Gasteiger partial charge >= 0.3 is 5.69 Å². The molecule has 4 rings (SSSR count). The van der Waals surface area contributed by atoms with E-state index in [4.69, 9.17) is 16.6 Å². The van der Waals surface area contributed by atoms with Gasteiger partial charge in [-0.05, 0) is 41.2 Å². The van der Waals surface area contributed by atoms with Crippen molar-refractivity contribution in [2.75, 3.05) is 6.61 Å². The van der Waals surface area contributed by atoms with Crippen LogP contribution in [0.25, 0.3) is 22.2 Å². The molecule has 34 heavy (non-hydrogen) atoms. The minimum atomic E-state index is -0.416. The predicted octanol–water partition coefficient (Wildman–Crippen LogP) is 4.51. The van der Waals surface area contributed by atoms with Crippen LogP contribution < -0.4 is 11.2 Å². The van der Waals surface area contributed by atoms with Gasteiger partial charge in [0.05, 0.1) is 22.8 Å². The normalized spacial score (nSPS) is 11.5. The number of fused-ring (bicyclic) bond motifs is 1. The summed E-state index contributed by atoms with van der Waals surface area (Å²) in [6.45, 7) is 4.31. The molecule has 0 fully saturated rings. The Kier molecular flexibility index (Phi) is 7.00. The van der Waals surface area contributed by atoms with Crippen LogP contribution in [0.1, 0.15) is 42.9 Å². The molecule has 2 heterocycles. The van der Waals surface area contributed by atoms with Gasteiger partial charge in [0.15, 0.2) is 0 Å². The van der Waals surface area contributed by atoms with E-state index >= 15 is 0 Å². The third-order valence-electron chi connectivity index (χ3n) is 6.17. The van der Waals surface area contributed by atoms with Crippen molar-refractivity contribution in [3.05, 3.63) is 97.3 Å². The van der Waals surface area contributed by atoms with Gasteiger partial charge in [-0.1, -0.05) is 61.8 Å². The van der Waals surface area contributed by atoms with Crippen molar-refractivity contribution in [3.63, 3.8) is 0 Å². The zero-order valence-electron chi connectivity index (χ0n) is 19.6. The number of aryl methyl sites for hydroxylation is 1. The molecule has 6 nitrogen and oxygen atoms in total. The second-order valence-corrected chi connectivity index (χ2v) is 9.20. The summed E-state index contributed by atoms with van der Waals surface area (Å²) in [5.74, 6) is 0.262. The number of pyridine rings is 1. The number of benzene rings is 2. The number of hydrogen-bond acceptors (Lipinski definition) is 4. The molecule has 4 aromatic rings. The smallest absolute Gasteiger partial charge is 0.331 e. The second-order valence-electron chi connectivity index (χ2n) is 8.77. The Hall–Kier alpha value is -3.22. The molecule has 0 saturated heterocycles. The van der Waals surface area contributed by atoms with Crippen LogP contribution in [0.15, 0.2) is 64.3 Å². The monoisotopic (exact) mass is 477 g/mol. The third-order valence-corrected chi connectivity index (χ3v) is 6.42. The van der Waals surface area contributed by atoms with E-state index in [-0.39, 0.29) is 24.6 Å². The molecule has 1 N–H and O–H groups in total. The molecule has 2 aromatic heterocycles. The molecule has 0 atom stereocenters. The van der Waals surface area contributed by atoms with E-state index in [2.05, 4.69) is 19.9 Å². The quantitative estimate of drug-likeness (QED) is 0.425. The van der Waals surface area contributed by atoms with Crippen LogP contribution in [0.5, 0.6) is 0 Å². The van der Waals surface area contributed by atoms with Crippen LogP contribution in [0, 0.1) is 0 Å². The van der Waals surface area contributed by atoms with Crippen LogP contribution in [0.4, 0.5) is 0 Å². The lowest BCUT2D eigenvalue weighted by molar-refractivity contribution is 0.277. The SMILES string of the molecule is CC(C)c1ccccc1-c1ncc2c(c1Cc1ccc(Cl)cc1)c(=O)n(CCCO)c(=O)n2C. The standard InChI is InChI=1S/C27H28ClN3O3/c1-17(2)20-7-4-5-8-21(20)25-22(15-18-9-11-19(28)12-10-18)24-23(16-29-25)30(3)27(34)31(26(24)33)13-6-14-32/h4-5,7-12,16-17,32H,6,13-15H2,1-3H3. The van der Waals surface area contributed by atoms with Crippen LogP contribution in [-0.2, 0) is 20.0 Å². The van der Waals surface area contributed by atoms with Crippen molar-refractivity contribution in [2.24, 2.45) is 7.05 Å². The molecule has 0 bridgehead atoms. The predicted molar refractivity (Wildman–Crippen MR) is 137 cm³/mol. The van der Waals surface area contributed by atoms with Gasteiger partial charge in [-0.3, -0.25) is 18.9 Å². The van der Waals surface area contributed by atoms with Crippen molar-refractivity contribution in [1.29, 1.82) is 0 Å². The molecule has 0 spiro atoms. The van der Waals surface area contributed by atoms with Gasteiger partial charge in [0.1, 0.15) is 0 Å². The first-order chi connectivity index (χ1) is 16.3. The van der Waals surface area contributed by atoms with Crippen LogP contribution >= 0.6 is 11.6 Å². The highest BCUT2D eigenvalue weighted by molar-refractivity contribution is 6.30. The van der Waals surface area contributed by atoms with E-state index in [1.807, 2.05) is 42.5 Å². The number of aliphatic hydroxyl groups excluding tert-OH is 1. The summed E-state index contributed by atoms with van der Waals surface area (Å²) in [5.41, 5.74) is 4.31. The van der Waals surface area contributed by atoms with Crippen LogP contribution in [0.3, 0.4) is 0 Å². The first kappa shape index (κ1) is 23.9. The first-order valence-electron chi connectivity index (χ1n) is 11.4. The number of nitrogens with zero attached hydrogens (tertiary/aromatic N) is 3. The first-order valence-corrected chi connectivity index (χ1v) is 11.8. The summed E-state index contributed by atoms with van der Waals surface area (Å²) in [6, 6.07) is 15.6. The summed E-state index contributed by atoms with van der Waals surface area (Å²) >= 11 is 6.10. The zero-order chi connectivity index (χ0) is 24.4. The highest BCUT2D eigenvalue weighted by Gasteiger charge is 2.21. The molecule has 0 aliphatic heterocycles. The fourth-order valence-corrected chi connectivity index (χ4v) is 4.52. The van der Waals surface area contributed by atoms with E-state index in [0.29, 0.717) is 28.8 Å². The lowest BCUT2D eigenvalue weighted by Gasteiger charge is -2.19. The van der Waals surface area contributed by atoms with Crippen molar-refractivity contribution in [3.8, 4) is 11.3 Å². The maximum atomic E-state index is 13.7. The van der Waals surface area contributed by atoms with Crippen molar-refractivity contribution < 1.29 is 5.11 Å². The zero-order valence-corrected chi connectivity index (χ0v) is 20.3. The Bertz CT molecular complexity index is 1450. The summed E-state index contributed by atoms with van der Waals surface area (Å²) < 4.78 is 2.67. The van der Waals surface area contributed by atoms with Gasteiger partial charge in [-0.25, -0.2) is 4.79 Å². The summed E-state index contributed by atoms with van der Waals surface area (Å²) in [6.07, 6.45) is 2.39. The molecular weight excluding hydrogens is 450 g/mol. The fraction of sp³-hybridized carbons (Fsp3) is 0.296. The lowest BCUT2D eigenvalue weighted by atomic mass is 9.90. The van der Waals surface area contributed by atoms with Crippen molar-refractivity contribution >= 4 is 22.5 Å². The van der Waals surface area contributed by atoms with Gasteiger partial charge in [0.2, 0.25) is 0 Å². The second kappa shape index (κ2) is 9.95. The van der Waals surface area contributed by atoms with E-state index in [1.54, 1.807) is 13.2 Å². The summed E-state index contributed by atoms with van der Waals surface area (Å²) in [5, 5.41) is 10.4. The Morgan fingerprint density at radius 3 is 2.44 bits per heavy atom. The average molecular weight is 478 g/mol. The summed E-state index contributed by atoms with van der Waals surface area (Å²) in [7, 11) is 1.65. The average Bonchev–Trinajstić information content (AvgIpc) is 2.83. The lowest BCUT2D eigenvalue weighted by Crippen LogP contribution is -2.39. The molecule has 176 valence electrons. The third kappa shape index (κ3) is 4.43. The maximum Gasteiger partial charge on any atom is 0.331 e. The molecule has 0 amide bonds. The molecular formula is C27H28ClN3O3. The van der Waals surface area contributed by atoms with E-state index < -0.39 is 5.69 Å². The Morgan fingerprint density at radius 2 is 1.76 bits per heavy atom. The van der Waals surface area contributed by atoms with E-state index in [0.717, 1.165) is 27.9 Å². The van der Waals surface area contributed by atoms with Gasteiger partial charge in [-0.2, -0.15) is 0 Å². The van der Waals surface area contributed by atoms with Gasteiger partial charge in [0.25, 0.3) is 5.56 Å². The fourth-order valence-electron chi connectivity index (χ4n) is 4.39. The largest absolute Gasteiger partial charge is 0.396 e. The number of aliphatic hydroxyl groups is 1. The summed E-state index contributed by atoms with van der Waals surface area (Å²) in [4.78, 5) is 31.4. The van der Waals surface area contributed by atoms with Gasteiger partial charge < -0.3 is 5.11 Å². The van der Waals surface area contributed by atoms with Crippen molar-refractivity contribution in [2.45, 2.75) is 39.2 Å². The van der Waals surface area contributed by atoms with Crippen molar-refractivity contribution in [1.82, 2.24) is 14.1 Å². The minimum absolute atomic E-state index is 0.103. The highest BCUT2D eigenvalue weighted by Crippen LogP contribution is 2.33. The van der Waals surface area contributed by atoms with E-state index in [9.17, 15) is 14.7 Å². The van der Waals surface area contributed by atoms with E-state index in [1.165, 1.54) is 9.13 Å². The Morgan fingerprint density at radius 1 is 1.06 bits per heavy atom. The molecule has 0 aliphatic carbocycles. The molecule has 2 aromatic carbocycles. The number of aromatic nitrogens is 3. The Labute approximate surface area is 203 Å². The van der Waals surface area contributed by atoms with Gasteiger partial charge in [0, 0.05) is 37.2 Å². The van der Waals surface area contributed by atoms with Crippen LogP contribution in [-0.4, -0.2) is 25.8 Å². The topological polar surface area (TPSA) is 77.1 Å². The number of halogens is 1. The number of rotatable bonds is 7. The molecule has 0 radical (unpaired) electrons. The molecule has 0 aliphatic rings. The molecule has 7 heteroatoms. The van der Waals surface area contributed by atoms with Crippen LogP contribution in [0.2, 0.25) is 5.02 Å².